The van der Waals surface area contributed by atoms with Gasteiger partial charge in [-0.3, -0.25) is 4.99 Å². The summed E-state index contributed by atoms with van der Waals surface area (Å²) < 4.78 is 10.4. The van der Waals surface area contributed by atoms with E-state index in [4.69, 9.17) is 9.47 Å². The van der Waals surface area contributed by atoms with Crippen LogP contribution in [0.2, 0.25) is 0 Å². The summed E-state index contributed by atoms with van der Waals surface area (Å²) in [5.41, 5.74) is 2.74. The van der Waals surface area contributed by atoms with E-state index in [2.05, 4.69) is 11.1 Å². The second-order valence-corrected chi connectivity index (χ2v) is 9.39. The number of aliphatic imine (C=N–C) groups is 1. The number of methoxy groups -OCH3 is 1. The number of piperidine rings is 1. The van der Waals surface area contributed by atoms with Crippen LogP contribution in [0.25, 0.3) is 11.1 Å². The maximum absolute atomic E-state index is 12.4. The van der Waals surface area contributed by atoms with Gasteiger partial charge < -0.3 is 14.4 Å². The van der Waals surface area contributed by atoms with Crippen molar-refractivity contribution >= 4 is 18.3 Å². The van der Waals surface area contributed by atoms with Gasteiger partial charge in [0, 0.05) is 25.8 Å². The van der Waals surface area contributed by atoms with Crippen LogP contribution < -0.4 is 0 Å². The Labute approximate surface area is 201 Å². The van der Waals surface area contributed by atoms with E-state index in [0.29, 0.717) is 42.2 Å². The normalized spacial score (nSPS) is 14.6. The van der Waals surface area contributed by atoms with Gasteiger partial charge in [0.25, 0.3) is 0 Å². The molecule has 0 aromatic heterocycles. The highest BCUT2D eigenvalue weighted by atomic mass is 16.6. The monoisotopic (exact) mass is 461 g/mol. The predicted octanol–water partition coefficient (Wildman–Crippen LogP) is 5.08. The number of esters is 1. The summed E-state index contributed by atoms with van der Waals surface area (Å²) in [4.78, 5) is 31.0. The molecule has 0 bridgehead atoms. The minimum absolute atomic E-state index is 0.259. The smallest absolute Gasteiger partial charge is 0.410 e. The molecule has 34 heavy (non-hydrogen) atoms. The van der Waals surface area contributed by atoms with Crippen molar-refractivity contribution in [3.05, 3.63) is 59.2 Å². The van der Waals surface area contributed by atoms with Gasteiger partial charge in [0.1, 0.15) is 5.60 Å². The van der Waals surface area contributed by atoms with Gasteiger partial charge >= 0.3 is 12.1 Å². The fraction of sp³-hybridized carbons (Fsp3) is 0.407. The molecular weight excluding hydrogens is 430 g/mol. The van der Waals surface area contributed by atoms with E-state index >= 15 is 0 Å². The van der Waals surface area contributed by atoms with Gasteiger partial charge in [0.2, 0.25) is 0 Å². The number of hydrogen-bond donors (Lipinski definition) is 0. The lowest BCUT2D eigenvalue weighted by Gasteiger charge is -2.32. The average molecular weight is 462 g/mol. The largest absolute Gasteiger partial charge is 0.465 e. The number of nitrogens with zero attached hydrogens (tertiary/aromatic N) is 3. The van der Waals surface area contributed by atoms with Crippen LogP contribution in [-0.4, -0.2) is 55.5 Å². The predicted molar refractivity (Wildman–Crippen MR) is 131 cm³/mol. The van der Waals surface area contributed by atoms with Crippen molar-refractivity contribution in [3.63, 3.8) is 0 Å². The number of carbonyl (C=O) groups is 2. The minimum atomic E-state index is -0.491. The molecule has 7 heteroatoms. The molecule has 0 atom stereocenters. The van der Waals surface area contributed by atoms with Crippen molar-refractivity contribution in [1.29, 1.82) is 5.26 Å². The van der Waals surface area contributed by atoms with E-state index in [9.17, 15) is 14.9 Å². The molecule has 0 spiro atoms. The molecule has 178 valence electrons. The Hall–Kier alpha value is -3.66. The van der Waals surface area contributed by atoms with E-state index in [1.165, 1.54) is 7.11 Å². The molecule has 0 radical (unpaired) electrons. The van der Waals surface area contributed by atoms with E-state index in [-0.39, 0.29) is 6.09 Å². The molecule has 0 unspecified atom stereocenters. The molecule has 1 heterocycles. The van der Waals surface area contributed by atoms with Gasteiger partial charge in [-0.05, 0) is 74.4 Å². The zero-order valence-corrected chi connectivity index (χ0v) is 20.2. The zero-order valence-electron chi connectivity index (χ0n) is 20.2. The molecule has 2 aromatic carbocycles. The van der Waals surface area contributed by atoms with Crippen LogP contribution in [-0.2, 0) is 9.47 Å². The Bertz CT molecular complexity index is 1100. The second-order valence-electron chi connectivity index (χ2n) is 9.39. The van der Waals surface area contributed by atoms with Crippen LogP contribution in [0, 0.1) is 17.2 Å². The first-order chi connectivity index (χ1) is 16.2. The van der Waals surface area contributed by atoms with Crippen molar-refractivity contribution in [2.75, 3.05) is 26.7 Å². The van der Waals surface area contributed by atoms with Crippen molar-refractivity contribution < 1.29 is 19.1 Å². The Morgan fingerprint density at radius 3 is 2.56 bits per heavy atom. The van der Waals surface area contributed by atoms with Gasteiger partial charge in [-0.25, -0.2) is 9.59 Å². The molecule has 3 rings (SSSR count). The molecule has 1 fully saturated rings. The Morgan fingerprint density at radius 2 is 1.91 bits per heavy atom. The van der Waals surface area contributed by atoms with Crippen LogP contribution in [0.3, 0.4) is 0 Å². The minimum Gasteiger partial charge on any atom is -0.465 e. The summed E-state index contributed by atoms with van der Waals surface area (Å²) in [7, 11) is 1.35. The van der Waals surface area contributed by atoms with Crippen molar-refractivity contribution in [3.8, 4) is 17.2 Å². The zero-order chi connectivity index (χ0) is 24.7. The summed E-state index contributed by atoms with van der Waals surface area (Å²) >= 11 is 0. The molecule has 1 saturated heterocycles. The van der Waals surface area contributed by atoms with E-state index < -0.39 is 11.6 Å². The third-order valence-corrected chi connectivity index (χ3v) is 5.62. The quantitative estimate of drug-likeness (QED) is 0.457. The number of likely N-dealkylation sites (tertiary alicyclic amines) is 1. The summed E-state index contributed by atoms with van der Waals surface area (Å²) in [5, 5.41) is 9.18. The molecule has 0 saturated carbocycles. The lowest BCUT2D eigenvalue weighted by molar-refractivity contribution is 0.0187. The number of carbonyl (C=O) groups excluding carboxylic acids is 2. The molecule has 2 aromatic rings. The summed E-state index contributed by atoms with van der Waals surface area (Å²) in [6.45, 7) is 7.59. The average Bonchev–Trinajstić information content (AvgIpc) is 2.83. The topological polar surface area (TPSA) is 92.0 Å². The first-order valence-corrected chi connectivity index (χ1v) is 11.4. The van der Waals surface area contributed by atoms with Gasteiger partial charge in [0.05, 0.1) is 24.3 Å². The number of nitriles is 1. The third kappa shape index (κ3) is 6.67. The lowest BCUT2D eigenvalue weighted by atomic mass is 9.96. The number of hydrogen-bond acceptors (Lipinski definition) is 6. The van der Waals surface area contributed by atoms with Crippen molar-refractivity contribution in [2.24, 2.45) is 10.9 Å². The summed E-state index contributed by atoms with van der Waals surface area (Å²) in [6.07, 6.45) is 3.25. The standard InChI is InChI=1S/C27H31N3O4/c1-27(2,3)34-26(32)30-12-10-19(11-13-30)17-29-18-21-8-9-23(24(15-21)25(31)33-4)22-7-5-6-20(14-22)16-28/h5-9,14-15,18-19H,10-13,17H2,1-4H3. The van der Waals surface area contributed by atoms with Crippen LogP contribution >= 0.6 is 0 Å². The molecule has 0 N–H and O–H groups in total. The van der Waals surface area contributed by atoms with E-state index in [1.54, 1.807) is 35.4 Å². The fourth-order valence-electron chi connectivity index (χ4n) is 3.86. The van der Waals surface area contributed by atoms with Crippen LogP contribution in [0.1, 0.15) is 55.1 Å². The van der Waals surface area contributed by atoms with Gasteiger partial charge in [-0.1, -0.05) is 24.3 Å². The SMILES string of the molecule is COC(=O)c1cc(C=NCC2CCN(C(=O)OC(C)(C)C)CC2)ccc1-c1cccc(C#N)c1. The summed E-state index contributed by atoms with van der Waals surface area (Å²) in [6, 6.07) is 14.8. The number of amides is 1. The summed E-state index contributed by atoms with van der Waals surface area (Å²) in [5.74, 6) is -0.0508. The van der Waals surface area contributed by atoms with E-state index in [0.717, 1.165) is 24.0 Å². The Morgan fingerprint density at radius 1 is 1.18 bits per heavy atom. The molecule has 1 aliphatic rings. The van der Waals surface area contributed by atoms with Crippen LogP contribution in [0.15, 0.2) is 47.5 Å². The molecule has 7 nitrogen and oxygen atoms in total. The first-order valence-electron chi connectivity index (χ1n) is 11.4. The molecule has 1 aliphatic heterocycles. The van der Waals surface area contributed by atoms with Gasteiger partial charge in [-0.2, -0.15) is 5.26 Å². The van der Waals surface area contributed by atoms with Crippen molar-refractivity contribution in [1.82, 2.24) is 4.90 Å². The highest BCUT2D eigenvalue weighted by Gasteiger charge is 2.26. The van der Waals surface area contributed by atoms with Gasteiger partial charge in [0.15, 0.2) is 0 Å². The lowest BCUT2D eigenvalue weighted by Crippen LogP contribution is -2.42. The Kier molecular flexibility index (Phi) is 8.06. The number of rotatable bonds is 5. The highest BCUT2D eigenvalue weighted by Crippen LogP contribution is 2.26. The maximum Gasteiger partial charge on any atom is 0.410 e. The number of ether oxygens (including phenoxy) is 2. The van der Waals surface area contributed by atoms with Crippen molar-refractivity contribution in [2.45, 2.75) is 39.2 Å². The first kappa shape index (κ1) is 25.0. The fourth-order valence-corrected chi connectivity index (χ4v) is 3.86. The molecular formula is C27H31N3O4. The Balaban J connectivity index is 1.65. The van der Waals surface area contributed by atoms with E-state index in [1.807, 2.05) is 39.0 Å². The highest BCUT2D eigenvalue weighted by molar-refractivity contribution is 5.99. The molecule has 1 amide bonds. The van der Waals surface area contributed by atoms with Crippen LogP contribution in [0.5, 0.6) is 0 Å². The van der Waals surface area contributed by atoms with Crippen LogP contribution in [0.4, 0.5) is 4.79 Å². The second kappa shape index (κ2) is 11.0. The third-order valence-electron chi connectivity index (χ3n) is 5.62. The number of benzene rings is 2. The van der Waals surface area contributed by atoms with Gasteiger partial charge in [-0.15, -0.1) is 0 Å². The molecule has 0 aliphatic carbocycles. The maximum atomic E-state index is 12.4.